The summed E-state index contributed by atoms with van der Waals surface area (Å²) in [5.74, 6) is 0.0318. The third kappa shape index (κ3) is 2.04. The molecule has 1 heteroatoms. The van der Waals surface area contributed by atoms with E-state index in [1.165, 1.54) is 0 Å². The summed E-state index contributed by atoms with van der Waals surface area (Å²) in [4.78, 5) is 11.1. The number of hydrogen-bond acceptors (Lipinski definition) is 1. The highest BCUT2D eigenvalue weighted by Gasteiger charge is 1.97. The van der Waals surface area contributed by atoms with E-state index >= 15 is 0 Å². The van der Waals surface area contributed by atoms with Crippen LogP contribution in [-0.2, 0) is 0 Å². The van der Waals surface area contributed by atoms with Gasteiger partial charge in [-0.3, -0.25) is 4.79 Å². The maximum atomic E-state index is 11.1. The van der Waals surface area contributed by atoms with Gasteiger partial charge in [-0.25, -0.2) is 0 Å². The second-order valence-electron chi connectivity index (χ2n) is 2.16. The Morgan fingerprint density at radius 3 is 3.00 bits per heavy atom. The van der Waals surface area contributed by atoms with Crippen molar-refractivity contribution in [2.45, 2.75) is 6.92 Å². The molecule has 0 aliphatic carbocycles. The van der Waals surface area contributed by atoms with E-state index in [4.69, 9.17) is 0 Å². The van der Waals surface area contributed by atoms with E-state index in [9.17, 15) is 4.79 Å². The average Bonchev–Trinajstić information content (AvgIpc) is 2.07. The van der Waals surface area contributed by atoms with Gasteiger partial charge in [0.1, 0.15) is 0 Å². The Kier molecular flexibility index (Phi) is 2.61. The van der Waals surface area contributed by atoms with Crippen molar-refractivity contribution < 1.29 is 4.79 Å². The molecule has 0 saturated heterocycles. The fourth-order valence-electron chi connectivity index (χ4n) is 0.794. The molecule has 0 saturated carbocycles. The molecule has 0 heterocycles. The van der Waals surface area contributed by atoms with Crippen molar-refractivity contribution in [1.29, 1.82) is 0 Å². The van der Waals surface area contributed by atoms with Gasteiger partial charge in [-0.2, -0.15) is 0 Å². The van der Waals surface area contributed by atoms with Crippen LogP contribution in [0.3, 0.4) is 0 Å². The highest BCUT2D eigenvalue weighted by atomic mass is 16.1. The zero-order valence-electron chi connectivity index (χ0n) is 6.37. The van der Waals surface area contributed by atoms with Gasteiger partial charge in [0, 0.05) is 5.56 Å². The molecular weight excluding hydrogens is 136 g/mol. The van der Waals surface area contributed by atoms with Gasteiger partial charge in [-0.1, -0.05) is 24.3 Å². The van der Waals surface area contributed by atoms with Crippen LogP contribution in [0.4, 0.5) is 0 Å². The maximum absolute atomic E-state index is 11.1. The van der Waals surface area contributed by atoms with Crippen LogP contribution >= 0.6 is 0 Å². The van der Waals surface area contributed by atoms with Crippen LogP contribution in [0.2, 0.25) is 0 Å². The Hall–Kier alpha value is -1.37. The summed E-state index contributed by atoms with van der Waals surface area (Å²) in [6, 6.07) is 9.88. The lowest BCUT2D eigenvalue weighted by molar-refractivity contribution is 0.104. The van der Waals surface area contributed by atoms with Crippen molar-refractivity contribution in [3.8, 4) is 0 Å². The molecule has 0 amide bonds. The minimum Gasteiger partial charge on any atom is -0.289 e. The lowest BCUT2D eigenvalue weighted by Gasteiger charge is -1.91. The third-order valence-corrected chi connectivity index (χ3v) is 1.31. The van der Waals surface area contributed by atoms with Gasteiger partial charge in [-0.15, -0.1) is 0 Å². The van der Waals surface area contributed by atoms with E-state index in [0.29, 0.717) is 5.56 Å². The van der Waals surface area contributed by atoms with Crippen LogP contribution < -0.4 is 0 Å². The van der Waals surface area contributed by atoms with Crippen molar-refractivity contribution in [1.82, 2.24) is 0 Å². The first-order valence-corrected chi connectivity index (χ1v) is 3.47. The number of hydrogen-bond donors (Lipinski definition) is 0. The summed E-state index contributed by atoms with van der Waals surface area (Å²) < 4.78 is 0. The maximum Gasteiger partial charge on any atom is 0.185 e. The smallest absolute Gasteiger partial charge is 0.185 e. The van der Waals surface area contributed by atoms with E-state index in [1.54, 1.807) is 36.4 Å². The number of rotatable bonds is 2. The van der Waals surface area contributed by atoms with Crippen molar-refractivity contribution in [2.75, 3.05) is 0 Å². The fourth-order valence-corrected chi connectivity index (χ4v) is 0.794. The second kappa shape index (κ2) is 3.71. The number of carbonyl (C=O) groups is 1. The number of ketones is 1. The first-order valence-electron chi connectivity index (χ1n) is 3.47. The molecule has 0 aliphatic rings. The number of allylic oxidation sites excluding steroid dienone is 2. The Balaban J connectivity index is 2.86. The first-order chi connectivity index (χ1) is 5.34. The van der Waals surface area contributed by atoms with E-state index < -0.39 is 0 Å². The molecule has 11 heavy (non-hydrogen) atoms. The predicted molar refractivity (Wildman–Crippen MR) is 44.4 cm³/mol. The fraction of sp³-hybridized carbons (Fsp3) is 0.100. The molecule has 0 aromatic heterocycles. The Morgan fingerprint density at radius 2 is 2.45 bits per heavy atom. The highest BCUT2D eigenvalue weighted by molar-refractivity contribution is 6.04. The molecule has 1 aromatic rings. The van der Waals surface area contributed by atoms with E-state index in [2.05, 4.69) is 6.07 Å². The summed E-state index contributed by atoms with van der Waals surface area (Å²) in [5.41, 5.74) is 0.686. The topological polar surface area (TPSA) is 17.1 Å². The van der Waals surface area contributed by atoms with E-state index in [-0.39, 0.29) is 5.78 Å². The normalized spacial score (nSPS) is 10.3. The van der Waals surface area contributed by atoms with Crippen LogP contribution in [0.1, 0.15) is 17.3 Å². The molecule has 0 spiro atoms. The van der Waals surface area contributed by atoms with Crippen molar-refractivity contribution >= 4 is 5.78 Å². The third-order valence-electron chi connectivity index (χ3n) is 1.31. The molecule has 0 unspecified atom stereocenters. The van der Waals surface area contributed by atoms with Gasteiger partial charge in [0.25, 0.3) is 0 Å². The Bertz CT molecular complexity index is 259. The van der Waals surface area contributed by atoms with Crippen LogP contribution in [0.15, 0.2) is 36.4 Å². The first kappa shape index (κ1) is 7.73. The largest absolute Gasteiger partial charge is 0.289 e. The molecule has 55 valence electrons. The lowest BCUT2D eigenvalue weighted by Crippen LogP contribution is -1.92. The Labute approximate surface area is 66.4 Å². The van der Waals surface area contributed by atoms with E-state index in [1.807, 2.05) is 6.92 Å². The summed E-state index contributed by atoms with van der Waals surface area (Å²) in [7, 11) is 0. The molecule has 0 fully saturated rings. The zero-order chi connectivity index (χ0) is 8.10. The number of carbonyl (C=O) groups excluding carboxylic acids is 1. The standard InChI is InChI=1S/C10H9O/c1-2-6-10(11)9-7-4-3-5-8-9/h2-4,6-8H,1H3/b6-2+. The van der Waals surface area contributed by atoms with Gasteiger partial charge >= 0.3 is 0 Å². The molecule has 0 N–H and O–H groups in total. The SMILES string of the molecule is C/C=C/C(=O)c1c[c]ccc1. The van der Waals surface area contributed by atoms with Crippen molar-refractivity contribution in [3.63, 3.8) is 0 Å². The minimum atomic E-state index is 0.0318. The molecule has 0 atom stereocenters. The summed E-state index contributed by atoms with van der Waals surface area (Å²) in [6.07, 6.45) is 3.28. The summed E-state index contributed by atoms with van der Waals surface area (Å²) in [6.45, 7) is 1.82. The van der Waals surface area contributed by atoms with Gasteiger partial charge in [0.15, 0.2) is 5.78 Å². The van der Waals surface area contributed by atoms with Crippen LogP contribution in [0.5, 0.6) is 0 Å². The summed E-state index contributed by atoms with van der Waals surface area (Å²) >= 11 is 0. The van der Waals surface area contributed by atoms with Crippen LogP contribution in [0.25, 0.3) is 0 Å². The van der Waals surface area contributed by atoms with Crippen molar-refractivity contribution in [2.24, 2.45) is 0 Å². The molecule has 1 radical (unpaired) electrons. The summed E-state index contributed by atoms with van der Waals surface area (Å²) in [5, 5.41) is 0. The van der Waals surface area contributed by atoms with Crippen LogP contribution in [-0.4, -0.2) is 5.78 Å². The van der Waals surface area contributed by atoms with Gasteiger partial charge < -0.3 is 0 Å². The highest BCUT2D eigenvalue weighted by Crippen LogP contribution is 1.99. The van der Waals surface area contributed by atoms with E-state index in [0.717, 1.165) is 0 Å². The van der Waals surface area contributed by atoms with Gasteiger partial charge in [-0.05, 0) is 25.1 Å². The molecule has 1 nitrogen and oxygen atoms in total. The monoisotopic (exact) mass is 145 g/mol. The Morgan fingerprint density at radius 1 is 1.64 bits per heavy atom. The van der Waals surface area contributed by atoms with Crippen LogP contribution in [0, 0.1) is 6.07 Å². The molecular formula is C10H9O. The molecule has 0 aliphatic heterocycles. The zero-order valence-corrected chi connectivity index (χ0v) is 6.37. The minimum absolute atomic E-state index is 0.0318. The average molecular weight is 145 g/mol. The molecule has 0 bridgehead atoms. The molecule has 1 aromatic carbocycles. The second-order valence-corrected chi connectivity index (χ2v) is 2.16. The number of benzene rings is 1. The van der Waals surface area contributed by atoms with Gasteiger partial charge in [0.05, 0.1) is 0 Å². The van der Waals surface area contributed by atoms with Gasteiger partial charge in [0.2, 0.25) is 0 Å². The lowest BCUT2D eigenvalue weighted by atomic mass is 10.1. The molecule has 1 rings (SSSR count). The predicted octanol–water partition coefficient (Wildman–Crippen LogP) is 2.25. The quantitative estimate of drug-likeness (QED) is 0.460. The van der Waals surface area contributed by atoms with Crippen molar-refractivity contribution in [3.05, 3.63) is 48.0 Å².